The van der Waals surface area contributed by atoms with Crippen molar-refractivity contribution in [1.82, 2.24) is 10.2 Å². The SMILES string of the molecule is CCOc1ccccc1N(CCCC(=O)N(Cc1cccc(OC)c1)[C@@H](CC)C(=O)NC1CCCCC1)S(C)(=O)=O. The molecule has 0 spiro atoms. The van der Waals surface area contributed by atoms with E-state index >= 15 is 0 Å². The molecular formula is C31H45N3O6S. The smallest absolute Gasteiger partial charge is 0.243 e. The number of amides is 2. The fourth-order valence-corrected chi connectivity index (χ4v) is 6.32. The van der Waals surface area contributed by atoms with E-state index in [9.17, 15) is 18.0 Å². The number of anilines is 1. The molecule has 0 radical (unpaired) electrons. The summed E-state index contributed by atoms with van der Waals surface area (Å²) in [5, 5.41) is 3.19. The van der Waals surface area contributed by atoms with Crippen molar-refractivity contribution in [2.24, 2.45) is 0 Å². The predicted molar refractivity (Wildman–Crippen MR) is 162 cm³/mol. The van der Waals surface area contributed by atoms with Gasteiger partial charge in [-0.05, 0) is 62.4 Å². The Morgan fingerprint density at radius 2 is 1.78 bits per heavy atom. The van der Waals surface area contributed by atoms with Crippen LogP contribution in [0.4, 0.5) is 5.69 Å². The molecule has 41 heavy (non-hydrogen) atoms. The fraction of sp³-hybridized carbons (Fsp3) is 0.548. The number of nitrogens with one attached hydrogen (secondary N) is 1. The summed E-state index contributed by atoms with van der Waals surface area (Å²) >= 11 is 0. The third kappa shape index (κ3) is 9.38. The number of nitrogens with zero attached hydrogens (tertiary/aromatic N) is 2. The van der Waals surface area contributed by atoms with E-state index in [0.29, 0.717) is 30.2 Å². The topological polar surface area (TPSA) is 105 Å². The minimum absolute atomic E-state index is 0.0833. The van der Waals surface area contributed by atoms with Gasteiger partial charge in [-0.15, -0.1) is 0 Å². The number of rotatable bonds is 15. The summed E-state index contributed by atoms with van der Waals surface area (Å²) in [7, 11) is -2.04. The molecule has 0 heterocycles. The normalized spacial score (nSPS) is 14.6. The lowest BCUT2D eigenvalue weighted by molar-refractivity contribution is -0.141. The first-order valence-electron chi connectivity index (χ1n) is 14.6. The van der Waals surface area contributed by atoms with E-state index in [2.05, 4.69) is 5.32 Å². The van der Waals surface area contributed by atoms with Crippen LogP contribution in [0.5, 0.6) is 11.5 Å². The van der Waals surface area contributed by atoms with Gasteiger partial charge in [0.1, 0.15) is 17.5 Å². The second kappa shape index (κ2) is 15.7. The Balaban J connectivity index is 1.79. The van der Waals surface area contributed by atoms with Crippen LogP contribution in [0.3, 0.4) is 0 Å². The molecule has 2 amide bonds. The minimum Gasteiger partial charge on any atom is -0.497 e. The average molecular weight is 588 g/mol. The summed E-state index contributed by atoms with van der Waals surface area (Å²) in [5.41, 5.74) is 1.29. The van der Waals surface area contributed by atoms with Crippen molar-refractivity contribution in [1.29, 1.82) is 0 Å². The largest absolute Gasteiger partial charge is 0.497 e. The molecule has 1 aliphatic carbocycles. The number of carbonyl (C=O) groups is 2. The van der Waals surface area contributed by atoms with Crippen LogP contribution in [0.15, 0.2) is 48.5 Å². The number of sulfonamides is 1. The molecule has 0 aliphatic heterocycles. The van der Waals surface area contributed by atoms with Gasteiger partial charge in [-0.3, -0.25) is 13.9 Å². The van der Waals surface area contributed by atoms with Gasteiger partial charge < -0.3 is 19.7 Å². The molecule has 226 valence electrons. The average Bonchev–Trinajstić information content (AvgIpc) is 2.96. The van der Waals surface area contributed by atoms with E-state index in [1.807, 2.05) is 38.1 Å². The zero-order valence-corrected chi connectivity index (χ0v) is 25.6. The minimum atomic E-state index is -3.63. The number of ether oxygens (including phenoxy) is 2. The van der Waals surface area contributed by atoms with Crippen molar-refractivity contribution in [2.45, 2.75) is 83.8 Å². The predicted octanol–water partition coefficient (Wildman–Crippen LogP) is 4.90. The van der Waals surface area contributed by atoms with Gasteiger partial charge >= 0.3 is 0 Å². The van der Waals surface area contributed by atoms with Crippen LogP contribution in [-0.2, 0) is 26.2 Å². The van der Waals surface area contributed by atoms with Crippen molar-refractivity contribution in [3.63, 3.8) is 0 Å². The first-order chi connectivity index (χ1) is 19.7. The highest BCUT2D eigenvalue weighted by Gasteiger charge is 2.30. The lowest BCUT2D eigenvalue weighted by atomic mass is 9.95. The number of hydrogen-bond acceptors (Lipinski definition) is 6. The maximum atomic E-state index is 13.8. The molecule has 1 saturated carbocycles. The number of benzene rings is 2. The summed E-state index contributed by atoms with van der Waals surface area (Å²) in [4.78, 5) is 28.9. The molecule has 1 atom stereocenters. The summed E-state index contributed by atoms with van der Waals surface area (Å²) in [6.07, 6.45) is 7.26. The second-order valence-corrected chi connectivity index (χ2v) is 12.4. The summed E-state index contributed by atoms with van der Waals surface area (Å²) in [5.74, 6) is 0.798. The lowest BCUT2D eigenvalue weighted by Gasteiger charge is -2.33. The van der Waals surface area contributed by atoms with Gasteiger partial charge in [0.15, 0.2) is 0 Å². The molecule has 2 aromatic rings. The third-order valence-corrected chi connectivity index (χ3v) is 8.59. The zero-order chi connectivity index (χ0) is 29.8. The number of carbonyl (C=O) groups excluding carboxylic acids is 2. The Labute approximate surface area is 245 Å². The third-order valence-electron chi connectivity index (χ3n) is 7.41. The second-order valence-electron chi connectivity index (χ2n) is 10.5. The van der Waals surface area contributed by atoms with Crippen molar-refractivity contribution < 1.29 is 27.5 Å². The van der Waals surface area contributed by atoms with Gasteiger partial charge in [-0.2, -0.15) is 0 Å². The standard InChI is InChI=1S/C31H45N3O6S/c1-5-27(31(36)32-25-15-8-7-9-16-25)33(23-24-14-12-17-26(22-24)39-3)30(35)20-13-21-34(41(4,37)38)28-18-10-11-19-29(28)40-6-2/h10-12,14,17-19,22,25,27H,5-9,13,15-16,20-21,23H2,1-4H3,(H,32,36)/t27-/m0/s1. The highest BCUT2D eigenvalue weighted by Crippen LogP contribution is 2.30. The summed E-state index contributed by atoms with van der Waals surface area (Å²) < 4.78 is 37.8. The zero-order valence-electron chi connectivity index (χ0n) is 24.8. The first kappa shape index (κ1) is 32.2. The number of methoxy groups -OCH3 is 1. The number of para-hydroxylation sites is 2. The van der Waals surface area contributed by atoms with Gasteiger partial charge in [0, 0.05) is 25.6 Å². The van der Waals surface area contributed by atoms with Crippen LogP contribution < -0.4 is 19.1 Å². The Morgan fingerprint density at radius 3 is 2.44 bits per heavy atom. The van der Waals surface area contributed by atoms with Gasteiger partial charge in [-0.25, -0.2) is 8.42 Å². The summed E-state index contributed by atoms with van der Waals surface area (Å²) in [6, 6.07) is 13.9. The van der Waals surface area contributed by atoms with Crippen LogP contribution in [0.1, 0.15) is 70.8 Å². The Kier molecular flexibility index (Phi) is 12.3. The van der Waals surface area contributed by atoms with Crippen LogP contribution in [0.2, 0.25) is 0 Å². The van der Waals surface area contributed by atoms with Gasteiger partial charge in [0.2, 0.25) is 21.8 Å². The highest BCUT2D eigenvalue weighted by molar-refractivity contribution is 7.92. The van der Waals surface area contributed by atoms with Crippen molar-refractivity contribution >= 4 is 27.5 Å². The molecule has 1 N–H and O–H groups in total. The Morgan fingerprint density at radius 1 is 1.05 bits per heavy atom. The quantitative estimate of drug-likeness (QED) is 0.318. The first-order valence-corrected chi connectivity index (χ1v) is 16.4. The van der Waals surface area contributed by atoms with E-state index in [4.69, 9.17) is 9.47 Å². The Bertz CT molecular complexity index is 1250. The molecule has 2 aromatic carbocycles. The molecule has 0 bridgehead atoms. The molecular weight excluding hydrogens is 542 g/mol. The van der Waals surface area contributed by atoms with Crippen LogP contribution >= 0.6 is 0 Å². The van der Waals surface area contributed by atoms with Gasteiger partial charge in [0.05, 0.1) is 25.7 Å². The molecule has 1 fully saturated rings. The van der Waals surface area contributed by atoms with Crippen LogP contribution in [0, 0.1) is 0 Å². The number of hydrogen-bond donors (Lipinski definition) is 1. The van der Waals surface area contributed by atoms with Crippen molar-refractivity contribution in [2.75, 3.05) is 30.8 Å². The maximum absolute atomic E-state index is 13.8. The van der Waals surface area contributed by atoms with E-state index in [-0.39, 0.29) is 43.8 Å². The molecule has 1 aliphatic rings. The Hall–Kier alpha value is -3.27. The summed E-state index contributed by atoms with van der Waals surface area (Å²) in [6.45, 7) is 4.49. The molecule has 0 aromatic heterocycles. The van der Waals surface area contributed by atoms with Crippen LogP contribution in [-0.4, -0.2) is 63.7 Å². The van der Waals surface area contributed by atoms with Crippen LogP contribution in [0.25, 0.3) is 0 Å². The van der Waals surface area contributed by atoms with E-state index in [0.717, 1.165) is 37.5 Å². The van der Waals surface area contributed by atoms with Gasteiger partial charge in [0.25, 0.3) is 0 Å². The molecule has 0 saturated heterocycles. The molecule has 0 unspecified atom stereocenters. The highest BCUT2D eigenvalue weighted by atomic mass is 32.2. The lowest BCUT2D eigenvalue weighted by Crippen LogP contribution is -2.51. The molecule has 3 rings (SSSR count). The van der Waals surface area contributed by atoms with E-state index in [1.165, 1.54) is 10.7 Å². The van der Waals surface area contributed by atoms with Crippen molar-refractivity contribution in [3.8, 4) is 11.5 Å². The monoisotopic (exact) mass is 587 g/mol. The molecule has 9 nitrogen and oxygen atoms in total. The molecule has 10 heteroatoms. The maximum Gasteiger partial charge on any atom is 0.243 e. The fourth-order valence-electron chi connectivity index (χ4n) is 5.35. The van der Waals surface area contributed by atoms with E-state index < -0.39 is 16.1 Å². The van der Waals surface area contributed by atoms with E-state index in [1.54, 1.807) is 36.3 Å². The van der Waals surface area contributed by atoms with Crippen molar-refractivity contribution in [3.05, 3.63) is 54.1 Å². The van der Waals surface area contributed by atoms with Gasteiger partial charge in [-0.1, -0.05) is 50.5 Å².